The van der Waals surface area contributed by atoms with Crippen molar-refractivity contribution in [2.75, 3.05) is 0 Å². The van der Waals surface area contributed by atoms with Gasteiger partial charge in [0.25, 0.3) is 0 Å². The minimum absolute atomic E-state index is 0. The van der Waals surface area contributed by atoms with Crippen LogP contribution in [0.25, 0.3) is 0 Å². The van der Waals surface area contributed by atoms with Gasteiger partial charge in [0.05, 0.1) is 0 Å². The molecule has 0 bridgehead atoms. The molecule has 0 aromatic rings. The third-order valence-electron chi connectivity index (χ3n) is 1.83. The fourth-order valence-electron chi connectivity index (χ4n) is 1.15. The van der Waals surface area contributed by atoms with Crippen LogP contribution in [0.4, 0.5) is 9.41 Å². The molecule has 0 fully saturated rings. The Hall–Kier alpha value is 0.223. The van der Waals surface area contributed by atoms with Crippen LogP contribution in [0.3, 0.4) is 0 Å². The Kier molecular flexibility index (Phi) is 9.64. The van der Waals surface area contributed by atoms with Gasteiger partial charge in [0.2, 0.25) is 0 Å². The molecule has 0 saturated carbocycles. The largest absolute Gasteiger partial charge is 0.269 e. The molecule has 1 aliphatic carbocycles. The van der Waals surface area contributed by atoms with Crippen LogP contribution in [0, 0.1) is 0 Å². The van der Waals surface area contributed by atoms with Gasteiger partial charge in [-0.25, -0.2) is 0 Å². The topological polar surface area (TPSA) is 0 Å². The monoisotopic (exact) mass is 251 g/mol. The Morgan fingerprint density at radius 2 is 2.08 bits per heavy atom. The van der Waals surface area contributed by atoms with E-state index in [1.807, 2.05) is 0 Å². The van der Waals surface area contributed by atoms with Crippen molar-refractivity contribution in [2.45, 2.75) is 32.6 Å². The van der Waals surface area contributed by atoms with E-state index in [2.05, 4.69) is 19.1 Å². The van der Waals surface area contributed by atoms with E-state index in [9.17, 15) is 0 Å². The minimum Gasteiger partial charge on any atom is -0.269 e. The van der Waals surface area contributed by atoms with Crippen LogP contribution in [0.5, 0.6) is 0 Å². The number of halogens is 2. The van der Waals surface area contributed by atoms with Crippen LogP contribution in [-0.2, 0) is 24.7 Å². The molecule has 0 N–H and O–H groups in total. The smallest absolute Gasteiger partial charge is 0.269 e. The van der Waals surface area contributed by atoms with Crippen LogP contribution in [-0.4, -0.2) is 0 Å². The molecule has 0 heterocycles. The first-order valence-electron chi connectivity index (χ1n) is 3.94. The summed E-state index contributed by atoms with van der Waals surface area (Å²) < 4.78 is 1.67. The van der Waals surface area contributed by atoms with Crippen molar-refractivity contribution in [1.82, 2.24) is 0 Å². The Balaban J connectivity index is 0. The Morgan fingerprint density at radius 3 is 2.50 bits per heavy atom. The standard InChI is InChI=1S/C9H13.2FH.Zr/c1-2-3-6-9-7-4-5-8-9;;;/h4,7H,2-3,5-6H2,1H3;2*1H;. The molecule has 0 aromatic carbocycles. The van der Waals surface area contributed by atoms with Gasteiger partial charge in [-0.1, -0.05) is 0 Å². The normalized spacial score (nSPS) is 14.0. The van der Waals surface area contributed by atoms with E-state index in [-0.39, 0.29) is 9.41 Å². The molecule has 1 rings (SSSR count). The molecule has 0 spiro atoms. The van der Waals surface area contributed by atoms with Gasteiger partial charge in [-0.05, 0) is 0 Å². The summed E-state index contributed by atoms with van der Waals surface area (Å²) in [6.45, 7) is 2.25. The summed E-state index contributed by atoms with van der Waals surface area (Å²) in [7, 11) is 0. The second kappa shape index (κ2) is 7.85. The van der Waals surface area contributed by atoms with Crippen LogP contribution in [0.15, 0.2) is 21.0 Å². The van der Waals surface area contributed by atoms with Gasteiger partial charge in [0, 0.05) is 0 Å². The van der Waals surface area contributed by atoms with Gasteiger partial charge < -0.3 is 0 Å². The zero-order valence-corrected chi connectivity index (χ0v) is 9.76. The van der Waals surface area contributed by atoms with Crippen LogP contribution in [0.1, 0.15) is 32.6 Å². The first-order chi connectivity index (χ1) is 4.84. The van der Waals surface area contributed by atoms with Crippen molar-refractivity contribution in [2.24, 2.45) is 0 Å². The molecular weight excluding hydrogens is 237 g/mol. The van der Waals surface area contributed by atoms with E-state index in [1.54, 1.807) is 33.6 Å². The zero-order valence-electron chi connectivity index (χ0n) is 7.30. The molecule has 69 valence electrons. The second-order valence-electron chi connectivity index (χ2n) is 2.71. The molecule has 0 radical (unpaired) electrons. The van der Waals surface area contributed by atoms with Crippen molar-refractivity contribution < 1.29 is 34.1 Å². The molecule has 12 heavy (non-hydrogen) atoms. The Bertz CT molecular complexity index is 173. The van der Waals surface area contributed by atoms with Gasteiger partial charge in [0.1, 0.15) is 0 Å². The molecule has 0 nitrogen and oxygen atoms in total. The molecule has 0 aliphatic heterocycles. The number of allylic oxidation sites excluding steroid dienone is 4. The van der Waals surface area contributed by atoms with E-state index in [4.69, 9.17) is 0 Å². The predicted molar refractivity (Wildman–Crippen MR) is 45.3 cm³/mol. The first kappa shape index (κ1) is 14.7. The predicted octanol–water partition coefficient (Wildman–Crippen LogP) is 3.24. The zero-order chi connectivity index (χ0) is 7.40. The summed E-state index contributed by atoms with van der Waals surface area (Å²) in [6, 6.07) is 0. The van der Waals surface area contributed by atoms with E-state index >= 15 is 0 Å². The van der Waals surface area contributed by atoms with Crippen molar-refractivity contribution in [3.8, 4) is 0 Å². The number of hydrogen-bond acceptors (Lipinski definition) is 0. The average Bonchev–Trinajstić information content (AvgIpc) is 2.31. The fraction of sp³-hybridized carbons (Fsp3) is 0.556. The van der Waals surface area contributed by atoms with E-state index in [1.165, 1.54) is 25.7 Å². The van der Waals surface area contributed by atoms with Gasteiger partial charge in [0.15, 0.2) is 0 Å². The molecule has 1 aliphatic rings. The quantitative estimate of drug-likeness (QED) is 0.723. The Morgan fingerprint density at radius 1 is 1.42 bits per heavy atom. The molecule has 0 amide bonds. The average molecular weight is 252 g/mol. The summed E-state index contributed by atoms with van der Waals surface area (Å²) in [5.74, 6) is 0. The summed E-state index contributed by atoms with van der Waals surface area (Å²) in [5, 5.41) is 0. The van der Waals surface area contributed by atoms with Gasteiger partial charge >= 0.3 is 78.3 Å². The van der Waals surface area contributed by atoms with E-state index < -0.39 is 0 Å². The molecule has 0 saturated heterocycles. The van der Waals surface area contributed by atoms with E-state index in [0.717, 1.165) is 0 Å². The van der Waals surface area contributed by atoms with Crippen molar-refractivity contribution >= 4 is 0 Å². The maximum absolute atomic E-state index is 2.31. The van der Waals surface area contributed by atoms with Crippen LogP contribution in [0.2, 0.25) is 0 Å². The summed E-state index contributed by atoms with van der Waals surface area (Å²) >= 11 is 1.61. The second-order valence-corrected chi connectivity index (χ2v) is 4.20. The molecule has 3 heteroatoms. The maximum atomic E-state index is 2.31. The van der Waals surface area contributed by atoms with Crippen molar-refractivity contribution in [3.63, 3.8) is 0 Å². The summed E-state index contributed by atoms with van der Waals surface area (Å²) in [5.41, 5.74) is 1.63. The fourth-order valence-corrected chi connectivity index (χ4v) is 1.95. The molecular formula is C9H15F2Zr. The number of rotatable bonds is 3. The Labute approximate surface area is 87.7 Å². The molecule has 0 atom stereocenters. The summed E-state index contributed by atoms with van der Waals surface area (Å²) in [4.78, 5) is 0. The van der Waals surface area contributed by atoms with Gasteiger partial charge in [-0.15, -0.1) is 0 Å². The number of hydrogen-bond donors (Lipinski definition) is 0. The van der Waals surface area contributed by atoms with E-state index in [0.29, 0.717) is 0 Å². The third-order valence-corrected chi connectivity index (χ3v) is 3.12. The summed E-state index contributed by atoms with van der Waals surface area (Å²) in [6.07, 6.45) is 9.82. The SMILES string of the molecule is CCCCC1=[C]([Zr])CC=C1.F.F. The maximum Gasteiger partial charge on any atom is -0.269 e. The third kappa shape index (κ3) is 4.30. The molecule has 0 aromatic heterocycles. The van der Waals surface area contributed by atoms with Crippen molar-refractivity contribution in [3.05, 3.63) is 21.0 Å². The van der Waals surface area contributed by atoms with Crippen molar-refractivity contribution in [1.29, 1.82) is 0 Å². The first-order valence-corrected chi connectivity index (χ1v) is 5.17. The van der Waals surface area contributed by atoms with Crippen LogP contribution >= 0.6 is 0 Å². The minimum atomic E-state index is 0. The number of unbranched alkanes of at least 4 members (excludes halogenated alkanes) is 1. The van der Waals surface area contributed by atoms with Gasteiger partial charge in [-0.3, -0.25) is 9.41 Å². The molecule has 0 unspecified atom stereocenters. The van der Waals surface area contributed by atoms with Crippen LogP contribution < -0.4 is 0 Å². The van der Waals surface area contributed by atoms with Gasteiger partial charge in [-0.2, -0.15) is 0 Å².